The van der Waals surface area contributed by atoms with Gasteiger partial charge in [0.2, 0.25) is 5.91 Å². The molecular formula is C13H18N2O3. The molecule has 0 radical (unpaired) electrons. The van der Waals surface area contributed by atoms with Crippen molar-refractivity contribution in [3.05, 3.63) is 35.4 Å². The Balaban J connectivity index is 2.62. The average Bonchev–Trinajstić information content (AvgIpc) is 2.28. The molecule has 1 unspecified atom stereocenters. The fraction of sp³-hybridized carbons (Fsp3) is 0.385. The van der Waals surface area contributed by atoms with Crippen LogP contribution in [0.3, 0.4) is 0 Å². The number of carboxylic acids is 1. The SMILES string of the molecule is CC(C)C(NCc1ccc(C(N)=O)cc1)C(=O)O. The van der Waals surface area contributed by atoms with Crippen LogP contribution in [0.15, 0.2) is 24.3 Å². The van der Waals surface area contributed by atoms with Gasteiger partial charge in [-0.05, 0) is 23.6 Å². The number of aliphatic carboxylic acids is 1. The van der Waals surface area contributed by atoms with E-state index in [1.165, 1.54) is 0 Å². The summed E-state index contributed by atoms with van der Waals surface area (Å²) in [7, 11) is 0. The van der Waals surface area contributed by atoms with Crippen molar-refractivity contribution in [3.8, 4) is 0 Å². The topological polar surface area (TPSA) is 92.4 Å². The zero-order valence-corrected chi connectivity index (χ0v) is 10.5. The minimum absolute atomic E-state index is 0.00685. The van der Waals surface area contributed by atoms with Crippen LogP contribution in [0.5, 0.6) is 0 Å². The van der Waals surface area contributed by atoms with Crippen LogP contribution in [0.25, 0.3) is 0 Å². The summed E-state index contributed by atoms with van der Waals surface area (Å²) in [6.45, 7) is 4.14. The van der Waals surface area contributed by atoms with Crippen LogP contribution in [-0.2, 0) is 11.3 Å². The van der Waals surface area contributed by atoms with Gasteiger partial charge in [-0.15, -0.1) is 0 Å². The third-order valence-electron chi connectivity index (χ3n) is 2.70. The number of amides is 1. The third-order valence-corrected chi connectivity index (χ3v) is 2.70. The van der Waals surface area contributed by atoms with E-state index < -0.39 is 17.9 Å². The lowest BCUT2D eigenvalue weighted by Gasteiger charge is -2.17. The van der Waals surface area contributed by atoms with Gasteiger partial charge in [-0.25, -0.2) is 0 Å². The summed E-state index contributed by atoms with van der Waals surface area (Å²) in [4.78, 5) is 21.9. The minimum Gasteiger partial charge on any atom is -0.480 e. The van der Waals surface area contributed by atoms with Gasteiger partial charge in [-0.3, -0.25) is 9.59 Å². The van der Waals surface area contributed by atoms with Crippen LogP contribution in [0.1, 0.15) is 29.8 Å². The van der Waals surface area contributed by atoms with E-state index in [9.17, 15) is 9.59 Å². The highest BCUT2D eigenvalue weighted by Gasteiger charge is 2.20. The van der Waals surface area contributed by atoms with Crippen LogP contribution in [0.4, 0.5) is 0 Å². The van der Waals surface area contributed by atoms with Gasteiger partial charge in [-0.1, -0.05) is 26.0 Å². The lowest BCUT2D eigenvalue weighted by molar-refractivity contribution is -0.140. The number of carbonyl (C=O) groups is 2. The van der Waals surface area contributed by atoms with Gasteiger partial charge in [0.1, 0.15) is 6.04 Å². The third kappa shape index (κ3) is 3.85. The number of nitrogens with two attached hydrogens (primary N) is 1. The number of carbonyl (C=O) groups excluding carboxylic acids is 1. The number of hydrogen-bond donors (Lipinski definition) is 3. The number of rotatable bonds is 6. The molecule has 1 rings (SSSR count). The molecule has 0 aliphatic rings. The molecule has 4 N–H and O–H groups in total. The molecule has 0 bridgehead atoms. The van der Waals surface area contributed by atoms with E-state index in [0.717, 1.165) is 5.56 Å². The van der Waals surface area contributed by atoms with Crippen LogP contribution in [0, 0.1) is 5.92 Å². The molecule has 0 saturated carbocycles. The molecule has 0 heterocycles. The Hall–Kier alpha value is -1.88. The van der Waals surface area contributed by atoms with Gasteiger partial charge in [0.25, 0.3) is 0 Å². The zero-order valence-electron chi connectivity index (χ0n) is 10.5. The van der Waals surface area contributed by atoms with Crippen molar-refractivity contribution < 1.29 is 14.7 Å². The Morgan fingerprint density at radius 3 is 2.22 bits per heavy atom. The number of nitrogens with one attached hydrogen (secondary N) is 1. The van der Waals surface area contributed by atoms with Crippen molar-refractivity contribution in [2.75, 3.05) is 0 Å². The van der Waals surface area contributed by atoms with Crippen molar-refractivity contribution in [3.63, 3.8) is 0 Å². The predicted molar refractivity (Wildman–Crippen MR) is 68.1 cm³/mol. The number of primary amides is 1. The molecule has 5 heteroatoms. The summed E-state index contributed by atoms with van der Waals surface area (Å²) in [5.41, 5.74) is 6.48. The molecule has 1 atom stereocenters. The summed E-state index contributed by atoms with van der Waals surface area (Å²) in [5.74, 6) is -1.33. The zero-order chi connectivity index (χ0) is 13.7. The Labute approximate surface area is 106 Å². The van der Waals surface area contributed by atoms with Gasteiger partial charge < -0.3 is 16.2 Å². The molecule has 98 valence electrons. The van der Waals surface area contributed by atoms with Crippen LogP contribution in [-0.4, -0.2) is 23.0 Å². The molecular weight excluding hydrogens is 232 g/mol. The van der Waals surface area contributed by atoms with Gasteiger partial charge in [-0.2, -0.15) is 0 Å². The largest absolute Gasteiger partial charge is 0.480 e. The Morgan fingerprint density at radius 1 is 1.28 bits per heavy atom. The first kappa shape index (κ1) is 14.2. The first-order valence-corrected chi connectivity index (χ1v) is 5.76. The summed E-state index contributed by atoms with van der Waals surface area (Å²) in [5, 5.41) is 12.0. The van der Waals surface area contributed by atoms with Crippen LogP contribution < -0.4 is 11.1 Å². The monoisotopic (exact) mass is 250 g/mol. The maximum Gasteiger partial charge on any atom is 0.320 e. The minimum atomic E-state index is -0.862. The Kier molecular flexibility index (Phi) is 4.85. The highest BCUT2D eigenvalue weighted by atomic mass is 16.4. The van der Waals surface area contributed by atoms with Crippen molar-refractivity contribution in [1.82, 2.24) is 5.32 Å². The normalized spacial score (nSPS) is 12.4. The maximum absolute atomic E-state index is 11.0. The molecule has 0 aromatic heterocycles. The number of carboxylic acid groups (broad SMARTS) is 1. The van der Waals surface area contributed by atoms with Crippen molar-refractivity contribution in [1.29, 1.82) is 0 Å². The van der Waals surface area contributed by atoms with Crippen molar-refractivity contribution in [2.24, 2.45) is 11.7 Å². The smallest absolute Gasteiger partial charge is 0.320 e. The molecule has 1 aromatic rings. The average molecular weight is 250 g/mol. The summed E-state index contributed by atoms with van der Waals surface area (Å²) >= 11 is 0. The second-order valence-corrected chi connectivity index (χ2v) is 4.50. The van der Waals surface area contributed by atoms with Crippen molar-refractivity contribution in [2.45, 2.75) is 26.4 Å². The number of hydrogen-bond acceptors (Lipinski definition) is 3. The molecule has 0 aliphatic heterocycles. The highest BCUT2D eigenvalue weighted by Crippen LogP contribution is 2.06. The highest BCUT2D eigenvalue weighted by molar-refractivity contribution is 5.92. The molecule has 18 heavy (non-hydrogen) atoms. The second-order valence-electron chi connectivity index (χ2n) is 4.50. The molecule has 0 aliphatic carbocycles. The van der Waals surface area contributed by atoms with E-state index in [1.54, 1.807) is 24.3 Å². The molecule has 0 saturated heterocycles. The summed E-state index contributed by atoms with van der Waals surface area (Å²) < 4.78 is 0. The number of benzene rings is 1. The van der Waals surface area contributed by atoms with E-state index >= 15 is 0 Å². The van der Waals surface area contributed by atoms with E-state index in [1.807, 2.05) is 13.8 Å². The lowest BCUT2D eigenvalue weighted by Crippen LogP contribution is -2.40. The molecule has 5 nitrogen and oxygen atoms in total. The van der Waals surface area contributed by atoms with Gasteiger partial charge >= 0.3 is 5.97 Å². The lowest BCUT2D eigenvalue weighted by atomic mass is 10.0. The standard InChI is InChI=1S/C13H18N2O3/c1-8(2)11(13(17)18)15-7-9-3-5-10(6-4-9)12(14)16/h3-6,8,11,15H,7H2,1-2H3,(H2,14,16)(H,17,18). The first-order chi connectivity index (χ1) is 8.41. The Bertz CT molecular complexity index is 426. The Morgan fingerprint density at radius 2 is 1.83 bits per heavy atom. The van der Waals surface area contributed by atoms with E-state index in [2.05, 4.69) is 5.32 Å². The quantitative estimate of drug-likeness (QED) is 0.701. The van der Waals surface area contributed by atoms with Gasteiger partial charge in [0.05, 0.1) is 0 Å². The van der Waals surface area contributed by atoms with Gasteiger partial charge in [0, 0.05) is 12.1 Å². The predicted octanol–water partition coefficient (Wildman–Crippen LogP) is 0.984. The van der Waals surface area contributed by atoms with E-state index in [-0.39, 0.29) is 5.92 Å². The molecule has 0 spiro atoms. The van der Waals surface area contributed by atoms with E-state index in [0.29, 0.717) is 12.1 Å². The fourth-order valence-corrected chi connectivity index (χ4v) is 1.62. The fourth-order valence-electron chi connectivity index (χ4n) is 1.62. The molecule has 1 amide bonds. The van der Waals surface area contributed by atoms with E-state index in [4.69, 9.17) is 10.8 Å². The first-order valence-electron chi connectivity index (χ1n) is 5.76. The summed E-state index contributed by atoms with van der Waals surface area (Å²) in [6.07, 6.45) is 0. The maximum atomic E-state index is 11.0. The van der Waals surface area contributed by atoms with Crippen LogP contribution >= 0.6 is 0 Å². The molecule has 0 fully saturated rings. The van der Waals surface area contributed by atoms with Crippen molar-refractivity contribution >= 4 is 11.9 Å². The summed E-state index contributed by atoms with van der Waals surface area (Å²) in [6, 6.07) is 6.19. The van der Waals surface area contributed by atoms with Gasteiger partial charge in [0.15, 0.2) is 0 Å². The van der Waals surface area contributed by atoms with Crippen LogP contribution in [0.2, 0.25) is 0 Å². The second kappa shape index (κ2) is 6.16. The molecule has 1 aromatic carbocycles.